The number of rotatable bonds is 4. The Bertz CT molecular complexity index is 1010. The molecule has 0 radical (unpaired) electrons. The Hall–Kier alpha value is -3.60. The third kappa shape index (κ3) is 3.74. The zero-order valence-electron chi connectivity index (χ0n) is 15.5. The summed E-state index contributed by atoms with van der Waals surface area (Å²) in [6.45, 7) is 2.49. The van der Waals surface area contributed by atoms with Crippen molar-refractivity contribution in [2.45, 2.75) is 13.5 Å². The van der Waals surface area contributed by atoms with Crippen molar-refractivity contribution >= 4 is 23.2 Å². The van der Waals surface area contributed by atoms with E-state index < -0.39 is 0 Å². The van der Waals surface area contributed by atoms with Gasteiger partial charge in [0.2, 0.25) is 0 Å². The van der Waals surface area contributed by atoms with E-state index in [9.17, 15) is 9.59 Å². The van der Waals surface area contributed by atoms with Crippen molar-refractivity contribution < 1.29 is 14.3 Å². The van der Waals surface area contributed by atoms with Gasteiger partial charge in [-0.2, -0.15) is 0 Å². The molecule has 1 aliphatic heterocycles. The highest BCUT2D eigenvalue weighted by Crippen LogP contribution is 2.35. The summed E-state index contributed by atoms with van der Waals surface area (Å²) in [4.78, 5) is 26.6. The zero-order chi connectivity index (χ0) is 19.5. The number of aryl methyl sites for hydroxylation is 1. The molecule has 1 aliphatic rings. The predicted octanol–water partition coefficient (Wildman–Crippen LogP) is 4.17. The number of fused-ring (bicyclic) bond motifs is 1. The van der Waals surface area contributed by atoms with Crippen LogP contribution < -0.4 is 15.0 Å². The molecule has 140 valence electrons. The maximum absolute atomic E-state index is 12.5. The second kappa shape index (κ2) is 7.56. The Morgan fingerprint density at radius 1 is 1.04 bits per heavy atom. The number of amides is 2. The van der Waals surface area contributed by atoms with Crippen molar-refractivity contribution in [2.24, 2.45) is 0 Å². The summed E-state index contributed by atoms with van der Waals surface area (Å²) in [7, 11) is 0. The van der Waals surface area contributed by atoms with E-state index in [4.69, 9.17) is 4.74 Å². The molecular formula is C23H20N2O3. The van der Waals surface area contributed by atoms with E-state index in [0.717, 1.165) is 5.56 Å². The number of hydrogen-bond acceptors (Lipinski definition) is 3. The lowest BCUT2D eigenvalue weighted by molar-refractivity contribution is -0.121. The fraction of sp³-hybridized carbons (Fsp3) is 0.130. The molecule has 1 heterocycles. The average Bonchev–Trinajstić information content (AvgIpc) is 2.72. The number of nitrogens with zero attached hydrogens (tertiary/aromatic N) is 1. The molecule has 28 heavy (non-hydrogen) atoms. The van der Waals surface area contributed by atoms with Crippen LogP contribution in [0.3, 0.4) is 0 Å². The van der Waals surface area contributed by atoms with Crippen LogP contribution in [0.25, 0.3) is 0 Å². The Balaban J connectivity index is 1.60. The number of carbonyl (C=O) groups is 2. The molecular weight excluding hydrogens is 352 g/mol. The molecule has 1 N–H and O–H groups in total. The normalized spacial score (nSPS) is 12.9. The minimum absolute atomic E-state index is 0.00851. The molecule has 0 saturated carbocycles. The first-order chi connectivity index (χ1) is 13.6. The number of anilines is 2. The summed E-state index contributed by atoms with van der Waals surface area (Å²) in [6.07, 6.45) is 0. The van der Waals surface area contributed by atoms with Gasteiger partial charge in [0, 0.05) is 11.3 Å². The minimum Gasteiger partial charge on any atom is -0.482 e. The second-order valence-electron chi connectivity index (χ2n) is 6.76. The quantitative estimate of drug-likeness (QED) is 0.748. The average molecular weight is 372 g/mol. The Morgan fingerprint density at radius 2 is 1.79 bits per heavy atom. The largest absolute Gasteiger partial charge is 0.482 e. The third-order valence-corrected chi connectivity index (χ3v) is 4.66. The molecule has 5 nitrogen and oxygen atoms in total. The molecule has 0 atom stereocenters. The molecule has 3 aromatic carbocycles. The van der Waals surface area contributed by atoms with Crippen LogP contribution in [-0.4, -0.2) is 18.4 Å². The zero-order valence-corrected chi connectivity index (χ0v) is 15.5. The van der Waals surface area contributed by atoms with Crippen LogP contribution >= 0.6 is 0 Å². The van der Waals surface area contributed by atoms with E-state index in [-0.39, 0.29) is 18.4 Å². The highest BCUT2D eigenvalue weighted by molar-refractivity contribution is 6.05. The van der Waals surface area contributed by atoms with Gasteiger partial charge in [-0.25, -0.2) is 0 Å². The van der Waals surface area contributed by atoms with Crippen LogP contribution in [0.1, 0.15) is 21.5 Å². The number of nitrogens with one attached hydrogen (secondary N) is 1. The molecule has 2 amide bonds. The highest BCUT2D eigenvalue weighted by atomic mass is 16.5. The Morgan fingerprint density at radius 3 is 2.54 bits per heavy atom. The molecule has 0 unspecified atom stereocenters. The van der Waals surface area contributed by atoms with E-state index >= 15 is 0 Å². The smallest absolute Gasteiger partial charge is 0.265 e. The second-order valence-corrected chi connectivity index (χ2v) is 6.76. The van der Waals surface area contributed by atoms with Crippen molar-refractivity contribution in [1.82, 2.24) is 0 Å². The molecule has 5 heteroatoms. The number of benzene rings is 3. The van der Waals surface area contributed by atoms with Crippen molar-refractivity contribution in [3.63, 3.8) is 0 Å². The van der Waals surface area contributed by atoms with Crippen LogP contribution in [-0.2, 0) is 11.3 Å². The molecule has 0 spiro atoms. The van der Waals surface area contributed by atoms with Crippen molar-refractivity contribution in [3.8, 4) is 5.75 Å². The monoisotopic (exact) mass is 372 g/mol. The third-order valence-electron chi connectivity index (χ3n) is 4.66. The molecule has 0 saturated heterocycles. The van der Waals surface area contributed by atoms with Crippen LogP contribution in [0.5, 0.6) is 5.75 Å². The first-order valence-electron chi connectivity index (χ1n) is 9.09. The van der Waals surface area contributed by atoms with Crippen molar-refractivity contribution in [1.29, 1.82) is 0 Å². The van der Waals surface area contributed by atoms with Gasteiger partial charge in [-0.3, -0.25) is 9.59 Å². The van der Waals surface area contributed by atoms with E-state index in [2.05, 4.69) is 5.32 Å². The lowest BCUT2D eigenvalue weighted by atomic mass is 10.1. The summed E-state index contributed by atoms with van der Waals surface area (Å²) in [6, 6.07) is 22.4. The predicted molar refractivity (Wildman–Crippen MR) is 109 cm³/mol. The Labute approximate surface area is 163 Å². The van der Waals surface area contributed by atoms with Crippen LogP contribution in [0, 0.1) is 6.92 Å². The topological polar surface area (TPSA) is 58.6 Å². The van der Waals surface area contributed by atoms with E-state index in [0.29, 0.717) is 29.2 Å². The molecule has 0 aliphatic carbocycles. The summed E-state index contributed by atoms with van der Waals surface area (Å²) in [5.41, 5.74) is 4.04. The van der Waals surface area contributed by atoms with Crippen molar-refractivity contribution in [2.75, 3.05) is 16.8 Å². The molecule has 3 aromatic rings. The summed E-state index contributed by atoms with van der Waals surface area (Å²) in [5, 5.41) is 2.88. The standard InChI is InChI=1S/C23H20N2O3/c1-16-7-9-17(10-8-16)14-25-20-13-19(11-12-21(20)28-15-22(25)26)24-23(27)18-5-3-2-4-6-18/h2-13H,14-15H2,1H3,(H,24,27). The lowest BCUT2D eigenvalue weighted by Crippen LogP contribution is -2.38. The maximum atomic E-state index is 12.5. The fourth-order valence-corrected chi connectivity index (χ4v) is 3.12. The van der Waals surface area contributed by atoms with Gasteiger partial charge in [0.05, 0.1) is 12.2 Å². The van der Waals surface area contributed by atoms with E-state index in [1.165, 1.54) is 5.56 Å². The summed E-state index contributed by atoms with van der Waals surface area (Å²) >= 11 is 0. The van der Waals surface area contributed by atoms with Crippen molar-refractivity contribution in [3.05, 3.63) is 89.5 Å². The first kappa shape index (κ1) is 17.8. The van der Waals surface area contributed by atoms with Gasteiger partial charge in [0.1, 0.15) is 5.75 Å². The van der Waals surface area contributed by atoms with Gasteiger partial charge in [0.25, 0.3) is 11.8 Å². The number of ether oxygens (including phenoxy) is 1. The van der Waals surface area contributed by atoms with Gasteiger partial charge in [-0.05, 0) is 42.8 Å². The Kier molecular flexibility index (Phi) is 4.81. The summed E-state index contributed by atoms with van der Waals surface area (Å²) < 4.78 is 5.56. The van der Waals surface area contributed by atoms with Crippen LogP contribution in [0.4, 0.5) is 11.4 Å². The van der Waals surface area contributed by atoms with Crippen LogP contribution in [0.2, 0.25) is 0 Å². The molecule has 4 rings (SSSR count). The van der Waals surface area contributed by atoms with E-state index in [1.807, 2.05) is 49.4 Å². The van der Waals surface area contributed by atoms with Gasteiger partial charge >= 0.3 is 0 Å². The molecule has 0 fully saturated rings. The van der Waals surface area contributed by atoms with E-state index in [1.54, 1.807) is 35.2 Å². The maximum Gasteiger partial charge on any atom is 0.265 e. The number of hydrogen-bond donors (Lipinski definition) is 1. The molecule has 0 bridgehead atoms. The summed E-state index contributed by atoms with van der Waals surface area (Å²) in [5.74, 6) is 0.317. The van der Waals surface area contributed by atoms with Gasteiger partial charge in [0.15, 0.2) is 6.61 Å². The lowest BCUT2D eigenvalue weighted by Gasteiger charge is -2.30. The number of carbonyl (C=O) groups excluding carboxylic acids is 2. The van der Waals surface area contributed by atoms with Gasteiger partial charge in [-0.15, -0.1) is 0 Å². The van der Waals surface area contributed by atoms with Gasteiger partial charge in [-0.1, -0.05) is 48.0 Å². The van der Waals surface area contributed by atoms with Crippen LogP contribution in [0.15, 0.2) is 72.8 Å². The van der Waals surface area contributed by atoms with Gasteiger partial charge < -0.3 is 15.0 Å². The first-order valence-corrected chi connectivity index (χ1v) is 9.09. The minimum atomic E-state index is -0.200. The molecule has 0 aromatic heterocycles. The SMILES string of the molecule is Cc1ccc(CN2C(=O)COc3ccc(NC(=O)c4ccccc4)cc32)cc1. The fourth-order valence-electron chi connectivity index (χ4n) is 3.12. The highest BCUT2D eigenvalue weighted by Gasteiger charge is 2.26.